The Morgan fingerprint density at radius 1 is 1.14 bits per heavy atom. The molecule has 0 bridgehead atoms. The van der Waals surface area contributed by atoms with Crippen molar-refractivity contribution in [3.05, 3.63) is 0 Å². The van der Waals surface area contributed by atoms with Gasteiger partial charge in [0.2, 0.25) is 0 Å². The summed E-state index contributed by atoms with van der Waals surface area (Å²) in [6, 6.07) is 0. The van der Waals surface area contributed by atoms with Crippen LogP contribution in [0.1, 0.15) is 25.7 Å². The van der Waals surface area contributed by atoms with Crippen molar-refractivity contribution in [1.29, 1.82) is 0 Å². The molecule has 0 aromatic rings. The van der Waals surface area contributed by atoms with Gasteiger partial charge in [0.15, 0.2) is 0 Å². The van der Waals surface area contributed by atoms with Crippen LogP contribution in [0.3, 0.4) is 0 Å². The lowest BCUT2D eigenvalue weighted by molar-refractivity contribution is -0.165. The van der Waals surface area contributed by atoms with Crippen molar-refractivity contribution in [2.45, 2.75) is 37.9 Å². The van der Waals surface area contributed by atoms with Gasteiger partial charge < -0.3 is 14.6 Å². The largest absolute Gasteiger partial charge is 0.481 e. The predicted molar refractivity (Wildman–Crippen MR) is 49.1 cm³/mol. The lowest BCUT2D eigenvalue weighted by atomic mass is 9.87. The van der Waals surface area contributed by atoms with Crippen LogP contribution in [0.15, 0.2) is 0 Å². The van der Waals surface area contributed by atoms with Crippen LogP contribution in [0.4, 0.5) is 0 Å². The number of rotatable bonds is 3. The van der Waals surface area contributed by atoms with Gasteiger partial charge in [0.25, 0.3) is 0 Å². The topological polar surface area (TPSA) is 55.8 Å². The first-order chi connectivity index (χ1) is 6.75. The average molecular weight is 200 g/mol. The Labute approximate surface area is 83.2 Å². The molecule has 4 nitrogen and oxygen atoms in total. The van der Waals surface area contributed by atoms with E-state index in [2.05, 4.69) is 0 Å². The van der Waals surface area contributed by atoms with Gasteiger partial charge in [-0.15, -0.1) is 0 Å². The molecule has 1 aliphatic heterocycles. The SMILES string of the molecule is O=C(O)C1CCC(OC2COC2)CC1. The second-order valence-corrected chi connectivity index (χ2v) is 4.11. The van der Waals surface area contributed by atoms with Crippen molar-refractivity contribution in [2.75, 3.05) is 13.2 Å². The molecular weight excluding hydrogens is 184 g/mol. The Balaban J connectivity index is 1.69. The van der Waals surface area contributed by atoms with Gasteiger partial charge in [-0.2, -0.15) is 0 Å². The number of hydrogen-bond donors (Lipinski definition) is 1. The molecule has 0 atom stereocenters. The number of ether oxygens (including phenoxy) is 2. The lowest BCUT2D eigenvalue weighted by Gasteiger charge is -2.33. The standard InChI is InChI=1S/C10H16O4/c11-10(12)7-1-3-8(4-2-7)14-9-5-13-6-9/h7-9H,1-6H2,(H,11,12). The summed E-state index contributed by atoms with van der Waals surface area (Å²) < 4.78 is 10.8. The summed E-state index contributed by atoms with van der Waals surface area (Å²) in [5.41, 5.74) is 0. The lowest BCUT2D eigenvalue weighted by Crippen LogP contribution is -2.40. The van der Waals surface area contributed by atoms with Crippen molar-refractivity contribution in [1.82, 2.24) is 0 Å². The van der Waals surface area contributed by atoms with Crippen LogP contribution >= 0.6 is 0 Å². The Kier molecular flexibility index (Phi) is 3.03. The van der Waals surface area contributed by atoms with Crippen LogP contribution < -0.4 is 0 Å². The number of carboxylic acids is 1. The summed E-state index contributed by atoms with van der Waals surface area (Å²) in [4.78, 5) is 10.7. The van der Waals surface area contributed by atoms with Gasteiger partial charge in [-0.25, -0.2) is 0 Å². The van der Waals surface area contributed by atoms with E-state index in [9.17, 15) is 4.79 Å². The molecule has 0 aromatic heterocycles. The first kappa shape index (κ1) is 9.93. The highest BCUT2D eigenvalue weighted by Gasteiger charge is 2.29. The maximum Gasteiger partial charge on any atom is 0.306 e. The van der Waals surface area contributed by atoms with Gasteiger partial charge in [-0.1, -0.05) is 0 Å². The van der Waals surface area contributed by atoms with E-state index in [1.54, 1.807) is 0 Å². The molecule has 0 unspecified atom stereocenters. The molecule has 1 saturated heterocycles. The fraction of sp³-hybridized carbons (Fsp3) is 0.900. The third kappa shape index (κ3) is 2.25. The fourth-order valence-electron chi connectivity index (χ4n) is 2.01. The summed E-state index contributed by atoms with van der Waals surface area (Å²) in [6.45, 7) is 1.41. The summed E-state index contributed by atoms with van der Waals surface area (Å²) in [7, 11) is 0. The first-order valence-electron chi connectivity index (χ1n) is 5.21. The Morgan fingerprint density at radius 2 is 1.79 bits per heavy atom. The minimum absolute atomic E-state index is 0.146. The molecule has 0 aromatic carbocycles. The van der Waals surface area contributed by atoms with Crippen LogP contribution in [0.25, 0.3) is 0 Å². The molecule has 0 spiro atoms. The third-order valence-corrected chi connectivity index (χ3v) is 3.02. The highest BCUT2D eigenvalue weighted by molar-refractivity contribution is 5.70. The molecule has 4 heteroatoms. The maximum atomic E-state index is 10.7. The monoisotopic (exact) mass is 200 g/mol. The highest BCUT2D eigenvalue weighted by Crippen LogP contribution is 2.27. The quantitative estimate of drug-likeness (QED) is 0.739. The molecule has 0 radical (unpaired) electrons. The zero-order chi connectivity index (χ0) is 9.97. The van der Waals surface area contributed by atoms with Gasteiger partial charge in [-0.05, 0) is 25.7 Å². The molecule has 1 saturated carbocycles. The molecule has 14 heavy (non-hydrogen) atoms. The fourth-order valence-corrected chi connectivity index (χ4v) is 2.01. The highest BCUT2D eigenvalue weighted by atomic mass is 16.6. The summed E-state index contributed by atoms with van der Waals surface area (Å²) in [5, 5.41) is 8.80. The molecule has 1 aliphatic carbocycles. The van der Waals surface area contributed by atoms with Gasteiger partial charge in [0.05, 0.1) is 25.2 Å². The molecule has 0 amide bonds. The third-order valence-electron chi connectivity index (χ3n) is 3.02. The minimum Gasteiger partial charge on any atom is -0.481 e. The molecule has 1 heterocycles. The van der Waals surface area contributed by atoms with Gasteiger partial charge in [0, 0.05) is 0 Å². The number of carbonyl (C=O) groups is 1. The molecular formula is C10H16O4. The summed E-state index contributed by atoms with van der Waals surface area (Å²) in [5.74, 6) is -0.803. The molecule has 2 fully saturated rings. The Morgan fingerprint density at radius 3 is 2.21 bits per heavy atom. The van der Waals surface area contributed by atoms with Crippen molar-refractivity contribution < 1.29 is 19.4 Å². The van der Waals surface area contributed by atoms with Gasteiger partial charge >= 0.3 is 5.97 Å². The van der Waals surface area contributed by atoms with Gasteiger partial charge in [-0.3, -0.25) is 4.79 Å². The molecule has 2 rings (SSSR count). The number of aliphatic carboxylic acids is 1. The van der Waals surface area contributed by atoms with E-state index in [1.165, 1.54) is 0 Å². The van der Waals surface area contributed by atoms with E-state index in [0.717, 1.165) is 25.7 Å². The van der Waals surface area contributed by atoms with Crippen molar-refractivity contribution in [2.24, 2.45) is 5.92 Å². The van der Waals surface area contributed by atoms with Crippen molar-refractivity contribution >= 4 is 5.97 Å². The minimum atomic E-state index is -0.657. The first-order valence-corrected chi connectivity index (χ1v) is 5.21. The Bertz CT molecular complexity index is 204. The van der Waals surface area contributed by atoms with Crippen LogP contribution in [0.5, 0.6) is 0 Å². The van der Waals surface area contributed by atoms with Crippen LogP contribution in [-0.4, -0.2) is 36.5 Å². The molecule has 1 N–H and O–H groups in total. The second kappa shape index (κ2) is 4.28. The zero-order valence-corrected chi connectivity index (χ0v) is 8.15. The van der Waals surface area contributed by atoms with E-state index >= 15 is 0 Å². The van der Waals surface area contributed by atoms with E-state index in [0.29, 0.717) is 13.2 Å². The van der Waals surface area contributed by atoms with E-state index < -0.39 is 5.97 Å². The van der Waals surface area contributed by atoms with Crippen LogP contribution in [-0.2, 0) is 14.3 Å². The van der Waals surface area contributed by atoms with E-state index in [1.807, 2.05) is 0 Å². The zero-order valence-electron chi connectivity index (χ0n) is 8.15. The average Bonchev–Trinajstić information content (AvgIpc) is 2.12. The normalized spacial score (nSPS) is 33.7. The Hall–Kier alpha value is -0.610. The number of hydrogen-bond acceptors (Lipinski definition) is 3. The van der Waals surface area contributed by atoms with Crippen LogP contribution in [0.2, 0.25) is 0 Å². The van der Waals surface area contributed by atoms with Crippen LogP contribution in [0, 0.1) is 5.92 Å². The van der Waals surface area contributed by atoms with E-state index in [4.69, 9.17) is 14.6 Å². The van der Waals surface area contributed by atoms with Crippen molar-refractivity contribution in [3.63, 3.8) is 0 Å². The molecule has 2 aliphatic rings. The second-order valence-electron chi connectivity index (χ2n) is 4.11. The number of carboxylic acid groups (broad SMARTS) is 1. The van der Waals surface area contributed by atoms with Gasteiger partial charge in [0.1, 0.15) is 6.10 Å². The molecule has 80 valence electrons. The predicted octanol–water partition coefficient (Wildman–Crippen LogP) is 1.05. The smallest absolute Gasteiger partial charge is 0.306 e. The summed E-state index contributed by atoms with van der Waals surface area (Å²) in [6.07, 6.45) is 3.81. The van der Waals surface area contributed by atoms with Crippen molar-refractivity contribution in [3.8, 4) is 0 Å². The summed E-state index contributed by atoms with van der Waals surface area (Å²) >= 11 is 0. The van der Waals surface area contributed by atoms with E-state index in [-0.39, 0.29) is 18.1 Å². The maximum absolute atomic E-state index is 10.7.